The highest BCUT2D eigenvalue weighted by atomic mass is 35.5. The van der Waals surface area contributed by atoms with E-state index in [2.05, 4.69) is 16.4 Å². The zero-order valence-electron chi connectivity index (χ0n) is 11.0. The lowest BCUT2D eigenvalue weighted by Gasteiger charge is -2.13. The van der Waals surface area contributed by atoms with E-state index in [4.69, 9.17) is 22.6 Å². The first kappa shape index (κ1) is 13.2. The topological polar surface area (TPSA) is 74.7 Å². The molecule has 0 aliphatic heterocycles. The molecule has 0 fully saturated rings. The van der Waals surface area contributed by atoms with Crippen LogP contribution in [-0.2, 0) is 0 Å². The SMILES string of the molecule is N#Cc1ccc(Cl)c(Nc2ccc3cnccc3c2N)c1. The summed E-state index contributed by atoms with van der Waals surface area (Å²) in [6.07, 6.45) is 3.46. The van der Waals surface area contributed by atoms with Crippen LogP contribution in [0.25, 0.3) is 10.8 Å². The molecule has 0 saturated heterocycles. The van der Waals surface area contributed by atoms with Gasteiger partial charge in [0.25, 0.3) is 0 Å². The number of nitrogens with zero attached hydrogens (tertiary/aromatic N) is 2. The van der Waals surface area contributed by atoms with Crippen LogP contribution < -0.4 is 11.1 Å². The van der Waals surface area contributed by atoms with Gasteiger partial charge >= 0.3 is 0 Å². The Kier molecular flexibility index (Phi) is 3.35. The highest BCUT2D eigenvalue weighted by Crippen LogP contribution is 2.33. The van der Waals surface area contributed by atoms with E-state index in [-0.39, 0.29) is 0 Å². The van der Waals surface area contributed by atoms with E-state index in [1.54, 1.807) is 30.6 Å². The van der Waals surface area contributed by atoms with Gasteiger partial charge in [0.2, 0.25) is 0 Å². The van der Waals surface area contributed by atoms with Crippen molar-refractivity contribution in [3.63, 3.8) is 0 Å². The smallest absolute Gasteiger partial charge is 0.0992 e. The minimum atomic E-state index is 0.531. The molecule has 0 unspecified atom stereocenters. The minimum Gasteiger partial charge on any atom is -0.397 e. The fraction of sp³-hybridized carbons (Fsp3) is 0. The lowest BCUT2D eigenvalue weighted by molar-refractivity contribution is 1.36. The number of rotatable bonds is 2. The van der Waals surface area contributed by atoms with E-state index < -0.39 is 0 Å². The van der Waals surface area contributed by atoms with Gasteiger partial charge in [-0.1, -0.05) is 17.7 Å². The molecule has 5 heteroatoms. The number of halogens is 1. The molecule has 102 valence electrons. The highest BCUT2D eigenvalue weighted by molar-refractivity contribution is 6.33. The molecule has 0 radical (unpaired) electrons. The molecule has 2 aromatic carbocycles. The summed E-state index contributed by atoms with van der Waals surface area (Å²) in [6.45, 7) is 0. The van der Waals surface area contributed by atoms with Crippen LogP contribution in [0.15, 0.2) is 48.8 Å². The van der Waals surface area contributed by atoms with Crippen molar-refractivity contribution in [1.82, 2.24) is 4.98 Å². The standard InChI is InChI=1S/C16H11ClN4/c17-13-3-1-10(8-18)7-15(13)21-14-4-2-11-9-20-6-5-12(11)16(14)19/h1-7,9,21H,19H2. The second kappa shape index (κ2) is 5.31. The number of hydrogen-bond acceptors (Lipinski definition) is 4. The van der Waals surface area contributed by atoms with Crippen LogP contribution >= 0.6 is 11.6 Å². The maximum Gasteiger partial charge on any atom is 0.0992 e. The van der Waals surface area contributed by atoms with Crippen LogP contribution in [0.3, 0.4) is 0 Å². The van der Waals surface area contributed by atoms with Crippen molar-refractivity contribution in [2.75, 3.05) is 11.1 Å². The zero-order valence-corrected chi connectivity index (χ0v) is 11.7. The third-order valence-electron chi connectivity index (χ3n) is 3.23. The lowest BCUT2D eigenvalue weighted by Crippen LogP contribution is -1.98. The van der Waals surface area contributed by atoms with E-state index in [0.717, 1.165) is 16.5 Å². The minimum absolute atomic E-state index is 0.531. The number of fused-ring (bicyclic) bond motifs is 1. The number of aromatic nitrogens is 1. The summed E-state index contributed by atoms with van der Waals surface area (Å²) in [5.41, 5.74) is 8.73. The molecule has 0 bridgehead atoms. The van der Waals surface area contributed by atoms with E-state index >= 15 is 0 Å². The van der Waals surface area contributed by atoms with Gasteiger partial charge in [-0.25, -0.2) is 0 Å². The molecule has 1 heterocycles. The quantitative estimate of drug-likeness (QED) is 0.698. The molecule has 3 N–H and O–H groups in total. The maximum absolute atomic E-state index is 8.96. The second-order valence-electron chi connectivity index (χ2n) is 4.56. The number of nitrogen functional groups attached to an aromatic ring is 1. The predicted octanol–water partition coefficient (Wildman–Crippen LogP) is 4.09. The fourth-order valence-corrected chi connectivity index (χ4v) is 2.30. The van der Waals surface area contributed by atoms with Gasteiger partial charge in [0.05, 0.1) is 33.7 Å². The fourth-order valence-electron chi connectivity index (χ4n) is 2.14. The Morgan fingerprint density at radius 2 is 2.00 bits per heavy atom. The summed E-state index contributed by atoms with van der Waals surface area (Å²) in [5, 5.41) is 14.6. The molecule has 0 spiro atoms. The summed E-state index contributed by atoms with van der Waals surface area (Å²) in [5.74, 6) is 0. The Morgan fingerprint density at radius 3 is 2.81 bits per heavy atom. The summed E-state index contributed by atoms with van der Waals surface area (Å²) < 4.78 is 0. The van der Waals surface area contributed by atoms with Crippen molar-refractivity contribution in [1.29, 1.82) is 5.26 Å². The monoisotopic (exact) mass is 294 g/mol. The van der Waals surface area contributed by atoms with Crippen LogP contribution in [0.1, 0.15) is 5.56 Å². The van der Waals surface area contributed by atoms with Gasteiger partial charge in [0, 0.05) is 23.2 Å². The molecule has 0 saturated carbocycles. The molecular weight excluding hydrogens is 284 g/mol. The first-order valence-electron chi connectivity index (χ1n) is 6.28. The van der Waals surface area contributed by atoms with E-state index in [0.29, 0.717) is 22.0 Å². The Labute approximate surface area is 126 Å². The molecular formula is C16H11ClN4. The van der Waals surface area contributed by atoms with Gasteiger partial charge in [0.15, 0.2) is 0 Å². The molecule has 21 heavy (non-hydrogen) atoms. The molecule has 0 atom stereocenters. The van der Waals surface area contributed by atoms with Crippen molar-refractivity contribution in [3.8, 4) is 6.07 Å². The third kappa shape index (κ3) is 2.47. The van der Waals surface area contributed by atoms with Crippen molar-refractivity contribution in [2.24, 2.45) is 0 Å². The van der Waals surface area contributed by atoms with Gasteiger partial charge in [-0.05, 0) is 30.3 Å². The zero-order chi connectivity index (χ0) is 14.8. The van der Waals surface area contributed by atoms with Crippen LogP contribution in [0.4, 0.5) is 17.1 Å². The van der Waals surface area contributed by atoms with E-state index in [9.17, 15) is 0 Å². The highest BCUT2D eigenvalue weighted by Gasteiger charge is 2.07. The number of nitriles is 1. The molecule has 1 aromatic heterocycles. The summed E-state index contributed by atoms with van der Waals surface area (Å²) in [6, 6.07) is 12.8. The number of benzene rings is 2. The number of pyridine rings is 1. The summed E-state index contributed by atoms with van der Waals surface area (Å²) in [7, 11) is 0. The summed E-state index contributed by atoms with van der Waals surface area (Å²) >= 11 is 6.15. The molecule has 4 nitrogen and oxygen atoms in total. The van der Waals surface area contributed by atoms with Gasteiger partial charge in [-0.3, -0.25) is 4.98 Å². The Hall–Kier alpha value is -2.77. The number of nitrogens with two attached hydrogens (primary N) is 1. The lowest BCUT2D eigenvalue weighted by atomic mass is 10.1. The van der Waals surface area contributed by atoms with E-state index in [1.807, 2.05) is 18.2 Å². The van der Waals surface area contributed by atoms with Gasteiger partial charge in [-0.15, -0.1) is 0 Å². The summed E-state index contributed by atoms with van der Waals surface area (Å²) in [4.78, 5) is 4.07. The van der Waals surface area contributed by atoms with Crippen LogP contribution in [0.5, 0.6) is 0 Å². The Bertz CT molecular complexity index is 868. The second-order valence-corrected chi connectivity index (χ2v) is 4.96. The normalized spacial score (nSPS) is 10.3. The average molecular weight is 295 g/mol. The van der Waals surface area contributed by atoms with Crippen molar-refractivity contribution in [3.05, 3.63) is 59.4 Å². The van der Waals surface area contributed by atoms with Gasteiger partial charge in [0.1, 0.15) is 0 Å². The first-order chi connectivity index (χ1) is 10.2. The van der Waals surface area contributed by atoms with Crippen molar-refractivity contribution >= 4 is 39.4 Å². The molecule has 0 aliphatic rings. The molecule has 3 rings (SSSR count). The van der Waals surface area contributed by atoms with E-state index in [1.165, 1.54) is 0 Å². The predicted molar refractivity (Wildman–Crippen MR) is 85.6 cm³/mol. The first-order valence-corrected chi connectivity index (χ1v) is 6.66. The van der Waals surface area contributed by atoms with Crippen LogP contribution in [0.2, 0.25) is 5.02 Å². The van der Waals surface area contributed by atoms with Gasteiger partial charge in [-0.2, -0.15) is 5.26 Å². The Balaban J connectivity index is 2.06. The molecule has 0 amide bonds. The van der Waals surface area contributed by atoms with Crippen molar-refractivity contribution in [2.45, 2.75) is 0 Å². The Morgan fingerprint density at radius 1 is 1.14 bits per heavy atom. The maximum atomic E-state index is 8.96. The van der Waals surface area contributed by atoms with Crippen molar-refractivity contribution < 1.29 is 0 Å². The third-order valence-corrected chi connectivity index (χ3v) is 3.56. The largest absolute Gasteiger partial charge is 0.397 e. The van der Waals surface area contributed by atoms with Crippen LogP contribution in [-0.4, -0.2) is 4.98 Å². The average Bonchev–Trinajstić information content (AvgIpc) is 2.52. The molecule has 3 aromatic rings. The van der Waals surface area contributed by atoms with Crippen LogP contribution in [0, 0.1) is 11.3 Å². The molecule has 0 aliphatic carbocycles. The number of hydrogen-bond donors (Lipinski definition) is 2. The van der Waals surface area contributed by atoms with Gasteiger partial charge < -0.3 is 11.1 Å². The number of nitrogens with one attached hydrogen (secondary N) is 1. The number of anilines is 3.